The first kappa shape index (κ1) is 13.3. The van der Waals surface area contributed by atoms with Gasteiger partial charge < -0.3 is 0 Å². The first-order chi connectivity index (χ1) is 8.04. The molecule has 2 rings (SSSR count). The molecule has 90 valence electrons. The van der Waals surface area contributed by atoms with Gasteiger partial charge in [0.05, 0.1) is 16.0 Å². The van der Waals surface area contributed by atoms with E-state index in [1.54, 1.807) is 11.0 Å². The van der Waals surface area contributed by atoms with Crippen molar-refractivity contribution in [2.24, 2.45) is 0 Å². The lowest BCUT2D eigenvalue weighted by atomic mass is 10.2. The van der Waals surface area contributed by atoms with Crippen molar-refractivity contribution in [3.63, 3.8) is 0 Å². The molecule has 0 aromatic heterocycles. The third-order valence-corrected chi connectivity index (χ3v) is 5.36. The Morgan fingerprint density at radius 3 is 2.82 bits per heavy atom. The quantitative estimate of drug-likeness (QED) is 0.744. The normalized spacial score (nSPS) is 20.2. The Hall–Kier alpha value is -0.100. The molecule has 1 aromatic rings. The summed E-state index contributed by atoms with van der Waals surface area (Å²) in [6.07, 6.45) is 0.782. The molecule has 1 heterocycles. The number of carbonyl (C=O) groups excluding carboxylic acids is 1. The van der Waals surface area contributed by atoms with Crippen molar-refractivity contribution in [1.82, 2.24) is 0 Å². The van der Waals surface area contributed by atoms with Crippen molar-refractivity contribution >= 4 is 67.4 Å². The fraction of sp³-hybridized carbons (Fsp3) is 0.273. The maximum Gasteiger partial charge on any atom is 0.246 e. The van der Waals surface area contributed by atoms with Crippen LogP contribution in [-0.4, -0.2) is 15.5 Å². The Balaban J connectivity index is 2.36. The predicted octanol–water partition coefficient (Wildman–Crippen LogP) is 4.25. The molecule has 1 fully saturated rings. The highest BCUT2D eigenvalue weighted by Gasteiger charge is 2.36. The van der Waals surface area contributed by atoms with Crippen molar-refractivity contribution < 1.29 is 4.79 Å². The van der Waals surface area contributed by atoms with Crippen LogP contribution < -0.4 is 4.90 Å². The third kappa shape index (κ3) is 2.52. The predicted molar refractivity (Wildman–Crippen MR) is 80.9 cm³/mol. The molecule has 0 N–H and O–H groups in total. The molecular weight excluding hydrogens is 342 g/mol. The summed E-state index contributed by atoms with van der Waals surface area (Å²) in [7, 11) is 0. The van der Waals surface area contributed by atoms with Crippen LogP contribution in [0.1, 0.15) is 13.3 Å². The topological polar surface area (TPSA) is 20.3 Å². The number of anilines is 1. The summed E-state index contributed by atoms with van der Waals surface area (Å²) < 4.78 is 1.40. The molecule has 0 aliphatic carbocycles. The van der Waals surface area contributed by atoms with Crippen LogP contribution in [0.15, 0.2) is 22.7 Å². The van der Waals surface area contributed by atoms with Crippen LogP contribution in [0.4, 0.5) is 5.69 Å². The Morgan fingerprint density at radius 2 is 2.29 bits per heavy atom. The van der Waals surface area contributed by atoms with Crippen molar-refractivity contribution in [2.75, 3.05) is 4.90 Å². The summed E-state index contributed by atoms with van der Waals surface area (Å²) in [4.78, 5) is 13.7. The van der Waals surface area contributed by atoms with Gasteiger partial charge in [0, 0.05) is 4.47 Å². The zero-order chi connectivity index (χ0) is 12.6. The Labute approximate surface area is 123 Å². The maximum atomic E-state index is 12.1. The van der Waals surface area contributed by atoms with Crippen LogP contribution >= 0.6 is 51.5 Å². The monoisotopic (exact) mass is 349 g/mol. The van der Waals surface area contributed by atoms with Crippen LogP contribution in [0, 0.1) is 0 Å². The van der Waals surface area contributed by atoms with Crippen LogP contribution in [0.25, 0.3) is 0 Å². The highest BCUT2D eigenvalue weighted by Crippen LogP contribution is 2.35. The first-order valence-electron chi connectivity index (χ1n) is 5.04. The number of rotatable bonds is 2. The summed E-state index contributed by atoms with van der Waals surface area (Å²) >= 11 is 16.0. The minimum absolute atomic E-state index is 0.0425. The number of hydrogen-bond acceptors (Lipinski definition) is 3. The van der Waals surface area contributed by atoms with E-state index in [4.69, 9.17) is 23.8 Å². The summed E-state index contributed by atoms with van der Waals surface area (Å²) in [5, 5.41) is 0.507. The Kier molecular flexibility index (Phi) is 4.13. The second-order valence-electron chi connectivity index (χ2n) is 3.55. The van der Waals surface area contributed by atoms with Crippen molar-refractivity contribution in [3.8, 4) is 0 Å². The molecule has 0 saturated carbocycles. The lowest BCUT2D eigenvalue weighted by Gasteiger charge is -2.16. The second kappa shape index (κ2) is 5.26. The van der Waals surface area contributed by atoms with E-state index in [0.717, 1.165) is 16.6 Å². The second-order valence-corrected chi connectivity index (χ2v) is 6.65. The van der Waals surface area contributed by atoms with Crippen molar-refractivity contribution in [3.05, 3.63) is 27.7 Å². The minimum atomic E-state index is -0.0649. The molecule has 2 nitrogen and oxygen atoms in total. The maximum absolute atomic E-state index is 12.1. The van der Waals surface area contributed by atoms with Crippen LogP contribution in [0.2, 0.25) is 5.02 Å². The lowest BCUT2D eigenvalue weighted by Crippen LogP contribution is -2.30. The summed E-state index contributed by atoms with van der Waals surface area (Å²) in [5.74, 6) is 0.0425. The highest BCUT2D eigenvalue weighted by atomic mass is 79.9. The average molecular weight is 351 g/mol. The Bertz CT molecular complexity index is 494. The molecule has 1 unspecified atom stereocenters. The molecule has 0 spiro atoms. The number of halogens is 2. The van der Waals surface area contributed by atoms with Crippen LogP contribution in [0.3, 0.4) is 0 Å². The lowest BCUT2D eigenvalue weighted by molar-refractivity contribution is -0.116. The van der Waals surface area contributed by atoms with Gasteiger partial charge in [-0.05, 0) is 40.5 Å². The number of carbonyl (C=O) groups is 1. The number of benzene rings is 1. The van der Waals surface area contributed by atoms with Gasteiger partial charge in [0.25, 0.3) is 0 Å². The SMILES string of the molecule is CCC1SC(=S)N(c2ccc(Br)c(Cl)c2)C1=O. The molecule has 1 amide bonds. The standard InChI is InChI=1S/C11H9BrClNOS2/c1-2-9-10(15)14(11(16)17-9)6-3-4-7(12)8(13)5-6/h3-5,9H,2H2,1H3. The van der Waals surface area contributed by atoms with Gasteiger partial charge >= 0.3 is 0 Å². The molecule has 1 aromatic carbocycles. The van der Waals surface area contributed by atoms with Gasteiger partial charge in [-0.15, -0.1) is 0 Å². The first-order valence-corrected chi connectivity index (χ1v) is 7.50. The van der Waals surface area contributed by atoms with Gasteiger partial charge in [-0.2, -0.15) is 0 Å². The number of hydrogen-bond donors (Lipinski definition) is 0. The minimum Gasteiger partial charge on any atom is -0.273 e. The van der Waals surface area contributed by atoms with E-state index in [0.29, 0.717) is 9.34 Å². The van der Waals surface area contributed by atoms with Crippen molar-refractivity contribution in [2.45, 2.75) is 18.6 Å². The Morgan fingerprint density at radius 1 is 1.59 bits per heavy atom. The van der Waals surface area contributed by atoms with Gasteiger partial charge in [0.1, 0.15) is 4.32 Å². The molecule has 17 heavy (non-hydrogen) atoms. The molecule has 1 saturated heterocycles. The molecule has 1 atom stereocenters. The molecule has 0 radical (unpaired) electrons. The van der Waals surface area contributed by atoms with E-state index in [-0.39, 0.29) is 11.2 Å². The van der Waals surface area contributed by atoms with E-state index in [1.165, 1.54) is 11.8 Å². The van der Waals surface area contributed by atoms with E-state index in [9.17, 15) is 4.79 Å². The smallest absolute Gasteiger partial charge is 0.246 e. The third-order valence-electron chi connectivity index (χ3n) is 2.45. The van der Waals surface area contributed by atoms with E-state index >= 15 is 0 Å². The number of thioether (sulfide) groups is 1. The summed E-state index contributed by atoms with van der Waals surface area (Å²) in [5.41, 5.74) is 0.733. The van der Waals surface area contributed by atoms with Crippen LogP contribution in [-0.2, 0) is 4.79 Å². The van der Waals surface area contributed by atoms with E-state index in [1.807, 2.05) is 19.1 Å². The molecule has 6 heteroatoms. The fourth-order valence-corrected chi connectivity index (χ4v) is 3.46. The summed E-state index contributed by atoms with van der Waals surface area (Å²) in [6.45, 7) is 1.98. The number of amides is 1. The zero-order valence-electron chi connectivity index (χ0n) is 8.94. The fourth-order valence-electron chi connectivity index (χ4n) is 1.57. The zero-order valence-corrected chi connectivity index (χ0v) is 12.9. The molecule has 0 bridgehead atoms. The number of thiocarbonyl (C=S) groups is 1. The van der Waals surface area contributed by atoms with Gasteiger partial charge in [0.2, 0.25) is 5.91 Å². The van der Waals surface area contributed by atoms with Gasteiger partial charge in [-0.3, -0.25) is 9.69 Å². The molecule has 1 aliphatic rings. The van der Waals surface area contributed by atoms with Crippen LogP contribution in [0.5, 0.6) is 0 Å². The number of nitrogens with zero attached hydrogens (tertiary/aromatic N) is 1. The van der Waals surface area contributed by atoms with Gasteiger partial charge in [0.15, 0.2) is 0 Å². The van der Waals surface area contributed by atoms with E-state index < -0.39 is 0 Å². The summed E-state index contributed by atoms with van der Waals surface area (Å²) in [6, 6.07) is 5.39. The molecular formula is C11H9BrClNOS2. The highest BCUT2D eigenvalue weighted by molar-refractivity contribution is 9.10. The van der Waals surface area contributed by atoms with Crippen molar-refractivity contribution in [1.29, 1.82) is 0 Å². The molecule has 1 aliphatic heterocycles. The van der Waals surface area contributed by atoms with Gasteiger partial charge in [-0.1, -0.05) is 42.5 Å². The van der Waals surface area contributed by atoms with Gasteiger partial charge in [-0.25, -0.2) is 0 Å². The van der Waals surface area contributed by atoms with E-state index in [2.05, 4.69) is 15.9 Å². The average Bonchev–Trinajstić information content (AvgIpc) is 2.58. The largest absolute Gasteiger partial charge is 0.273 e.